The van der Waals surface area contributed by atoms with Gasteiger partial charge in [0.25, 0.3) is 0 Å². The summed E-state index contributed by atoms with van der Waals surface area (Å²) >= 11 is 0. The Morgan fingerprint density at radius 3 is 1.61 bits per heavy atom. The Morgan fingerprint density at radius 2 is 0.947 bits per heavy atom. The van der Waals surface area contributed by atoms with Gasteiger partial charge in [-0.1, -0.05) is 140 Å². The van der Waals surface area contributed by atoms with Gasteiger partial charge in [-0.15, -0.1) is 0 Å². The number of fused-ring (bicyclic) bond motifs is 9. The first-order valence-electron chi connectivity index (χ1n) is 19.8. The smallest absolute Gasteiger partial charge is 0.143 e. The Balaban J connectivity index is 1.21. The molecule has 3 nitrogen and oxygen atoms in total. The molecule has 1 aliphatic rings. The van der Waals surface area contributed by atoms with E-state index in [1.165, 1.54) is 60.4 Å². The van der Waals surface area contributed by atoms with Crippen LogP contribution in [0.5, 0.6) is 0 Å². The second kappa shape index (κ2) is 12.6. The zero-order valence-corrected chi connectivity index (χ0v) is 31.2. The lowest BCUT2D eigenvalue weighted by Gasteiger charge is -2.18. The predicted molar refractivity (Wildman–Crippen MR) is 240 cm³/mol. The molecule has 268 valence electrons. The number of benzene rings is 8. The van der Waals surface area contributed by atoms with E-state index < -0.39 is 0 Å². The predicted octanol–water partition coefficient (Wildman–Crippen LogP) is 15.0. The summed E-state index contributed by atoms with van der Waals surface area (Å²) in [6, 6.07) is 64.1. The number of rotatable bonds is 5. The minimum Gasteiger partial charge on any atom is -0.455 e. The van der Waals surface area contributed by atoms with Gasteiger partial charge < -0.3 is 13.6 Å². The van der Waals surface area contributed by atoms with Gasteiger partial charge in [-0.3, -0.25) is 0 Å². The summed E-state index contributed by atoms with van der Waals surface area (Å²) in [6.45, 7) is 0. The third-order valence-electron chi connectivity index (χ3n) is 12.0. The number of hydrogen-bond acceptors (Lipinski definition) is 1. The fraction of sp³-hybridized carbons (Fsp3) is 0.0370. The van der Waals surface area contributed by atoms with E-state index in [0.29, 0.717) is 0 Å². The van der Waals surface area contributed by atoms with E-state index in [1.807, 2.05) is 6.07 Å². The van der Waals surface area contributed by atoms with Crippen molar-refractivity contribution < 1.29 is 4.42 Å². The Morgan fingerprint density at radius 1 is 0.421 bits per heavy atom. The Kier molecular flexibility index (Phi) is 7.05. The Labute approximate surface area is 329 Å². The van der Waals surface area contributed by atoms with E-state index in [9.17, 15) is 0 Å². The third-order valence-corrected chi connectivity index (χ3v) is 12.0. The Hall–Kier alpha value is -7.36. The topological polar surface area (TPSA) is 23.0 Å². The van der Waals surface area contributed by atoms with E-state index in [0.717, 1.165) is 62.7 Å². The fourth-order valence-electron chi connectivity index (χ4n) is 9.49. The molecule has 1 aliphatic carbocycles. The number of furan rings is 1. The Bertz CT molecular complexity index is 3460. The van der Waals surface area contributed by atoms with Gasteiger partial charge in [0.05, 0.1) is 22.1 Å². The standard InChI is InChI=1S/C54H36N2O/c1-3-16-38(17-4-1)55-49-29-10-7-20-43(49)46-26-13-23-40(52(46)55)35-32-36(34-37(33-35)42-25-15-28-48-45-22-9-12-31-51(45)57-54(42)48)41-24-14-27-47-44-21-8-11-30-50(44)56(53(41)47)39-18-5-2-6-19-39/h1-5,7-18,20-34H,6,19H2. The minimum atomic E-state index is 0.901. The van der Waals surface area contributed by atoms with Crippen molar-refractivity contribution in [3.63, 3.8) is 0 Å². The summed E-state index contributed by atoms with van der Waals surface area (Å²) in [5, 5.41) is 7.26. The molecule has 0 saturated carbocycles. The van der Waals surface area contributed by atoms with Gasteiger partial charge in [-0.25, -0.2) is 0 Å². The summed E-state index contributed by atoms with van der Waals surface area (Å²) < 4.78 is 11.7. The highest BCUT2D eigenvalue weighted by atomic mass is 16.3. The molecule has 0 aliphatic heterocycles. The van der Waals surface area contributed by atoms with Crippen LogP contribution < -0.4 is 0 Å². The van der Waals surface area contributed by atoms with Crippen LogP contribution in [0.25, 0.3) is 110 Å². The maximum absolute atomic E-state index is 6.70. The van der Waals surface area contributed by atoms with Crippen molar-refractivity contribution in [2.45, 2.75) is 12.8 Å². The molecule has 0 spiro atoms. The van der Waals surface area contributed by atoms with Crippen LogP contribution in [0.4, 0.5) is 0 Å². The monoisotopic (exact) mass is 728 g/mol. The molecule has 0 bridgehead atoms. The molecule has 0 amide bonds. The number of hydrogen-bond donors (Lipinski definition) is 0. The summed E-state index contributed by atoms with van der Waals surface area (Å²) in [4.78, 5) is 0. The van der Waals surface area contributed by atoms with E-state index in [-0.39, 0.29) is 0 Å². The molecule has 12 rings (SSSR count). The van der Waals surface area contributed by atoms with E-state index >= 15 is 0 Å². The molecule has 8 aromatic carbocycles. The minimum absolute atomic E-state index is 0.901. The molecular formula is C54H36N2O. The molecule has 0 fully saturated rings. The van der Waals surface area contributed by atoms with E-state index in [1.54, 1.807) is 0 Å². The third kappa shape index (κ3) is 4.85. The van der Waals surface area contributed by atoms with Gasteiger partial charge >= 0.3 is 0 Å². The first kappa shape index (κ1) is 31.9. The van der Waals surface area contributed by atoms with Gasteiger partial charge in [0, 0.05) is 60.4 Å². The van der Waals surface area contributed by atoms with Gasteiger partial charge in [-0.05, 0) is 84.1 Å². The van der Waals surface area contributed by atoms with Gasteiger partial charge in [0.2, 0.25) is 0 Å². The number of para-hydroxylation sites is 7. The first-order chi connectivity index (χ1) is 28.3. The van der Waals surface area contributed by atoms with Crippen LogP contribution in [0.2, 0.25) is 0 Å². The van der Waals surface area contributed by atoms with Gasteiger partial charge in [-0.2, -0.15) is 0 Å². The molecule has 3 aromatic heterocycles. The second-order valence-electron chi connectivity index (χ2n) is 15.1. The molecule has 57 heavy (non-hydrogen) atoms. The van der Waals surface area contributed by atoms with Crippen molar-refractivity contribution in [1.29, 1.82) is 0 Å². The van der Waals surface area contributed by atoms with E-state index in [2.05, 4.69) is 197 Å². The molecule has 0 radical (unpaired) electrons. The number of allylic oxidation sites excluding steroid dienone is 4. The molecule has 3 heterocycles. The maximum Gasteiger partial charge on any atom is 0.143 e. The molecule has 11 aromatic rings. The van der Waals surface area contributed by atoms with Crippen LogP contribution in [-0.4, -0.2) is 9.13 Å². The van der Waals surface area contributed by atoms with Crippen molar-refractivity contribution in [2.24, 2.45) is 0 Å². The van der Waals surface area contributed by atoms with Gasteiger partial charge in [0.1, 0.15) is 11.2 Å². The summed E-state index contributed by atoms with van der Waals surface area (Å²) in [5.41, 5.74) is 16.0. The zero-order valence-electron chi connectivity index (χ0n) is 31.2. The number of aromatic nitrogens is 2. The molecular weight excluding hydrogens is 693 g/mol. The summed E-state index contributed by atoms with van der Waals surface area (Å²) in [7, 11) is 0. The SMILES string of the molecule is C1=CCCC(n2c3ccccc3c3cccc(-c4cc(-c5cccc6c5oc5ccccc56)cc(-c5cccc6c7ccccc7n(-c7ccccc7)c56)c4)c32)=C1. The van der Waals surface area contributed by atoms with Gasteiger partial charge in [0.15, 0.2) is 0 Å². The van der Waals surface area contributed by atoms with Crippen LogP contribution in [-0.2, 0) is 0 Å². The largest absolute Gasteiger partial charge is 0.455 e. The van der Waals surface area contributed by atoms with Crippen molar-refractivity contribution in [2.75, 3.05) is 0 Å². The highest BCUT2D eigenvalue weighted by Gasteiger charge is 2.22. The average Bonchev–Trinajstić information content (AvgIpc) is 3.95. The average molecular weight is 729 g/mol. The highest BCUT2D eigenvalue weighted by molar-refractivity contribution is 6.17. The normalized spacial score (nSPS) is 13.2. The highest BCUT2D eigenvalue weighted by Crippen LogP contribution is 2.45. The second-order valence-corrected chi connectivity index (χ2v) is 15.1. The van der Waals surface area contributed by atoms with E-state index in [4.69, 9.17) is 4.42 Å². The van der Waals surface area contributed by atoms with Crippen LogP contribution in [0.1, 0.15) is 12.8 Å². The van der Waals surface area contributed by atoms with Crippen LogP contribution in [0.15, 0.2) is 199 Å². The maximum atomic E-state index is 6.70. The van der Waals surface area contributed by atoms with Crippen molar-refractivity contribution in [1.82, 2.24) is 9.13 Å². The van der Waals surface area contributed by atoms with Crippen LogP contribution >= 0.6 is 0 Å². The molecule has 0 saturated heterocycles. The number of nitrogens with zero attached hydrogens (tertiary/aromatic N) is 2. The zero-order chi connectivity index (χ0) is 37.5. The lowest BCUT2D eigenvalue weighted by molar-refractivity contribution is 0.670. The van der Waals surface area contributed by atoms with Crippen molar-refractivity contribution in [3.05, 3.63) is 194 Å². The molecule has 0 atom stereocenters. The molecule has 3 heteroatoms. The summed E-state index contributed by atoms with van der Waals surface area (Å²) in [5.74, 6) is 0. The molecule has 0 unspecified atom stereocenters. The fourth-order valence-corrected chi connectivity index (χ4v) is 9.49. The van der Waals surface area contributed by atoms with Crippen molar-refractivity contribution in [3.8, 4) is 39.1 Å². The van der Waals surface area contributed by atoms with Crippen LogP contribution in [0, 0.1) is 0 Å². The van der Waals surface area contributed by atoms with Crippen LogP contribution in [0.3, 0.4) is 0 Å². The molecule has 0 N–H and O–H groups in total. The first-order valence-corrected chi connectivity index (χ1v) is 19.8. The lowest BCUT2D eigenvalue weighted by atomic mass is 9.91. The quantitative estimate of drug-likeness (QED) is 0.173. The van der Waals surface area contributed by atoms with Crippen molar-refractivity contribution >= 4 is 71.2 Å². The lowest BCUT2D eigenvalue weighted by Crippen LogP contribution is -2.00. The summed E-state index contributed by atoms with van der Waals surface area (Å²) in [6.07, 6.45) is 8.79.